The van der Waals surface area contributed by atoms with Crippen LogP contribution in [-0.4, -0.2) is 14.8 Å². The Hall–Kier alpha value is -1.21. The van der Waals surface area contributed by atoms with Crippen molar-refractivity contribution in [2.75, 3.05) is 0 Å². The molecule has 3 aromatic heterocycles. The molecule has 0 aliphatic heterocycles. The molecule has 1 atom stereocenters. The highest BCUT2D eigenvalue weighted by atomic mass is 35.5. The zero-order chi connectivity index (χ0) is 13.9. The molecule has 0 bridgehead atoms. The zero-order valence-corrected chi connectivity index (χ0v) is 13.2. The number of hydrogen-bond acceptors (Lipinski definition) is 5. The van der Waals surface area contributed by atoms with E-state index in [4.69, 9.17) is 11.6 Å². The van der Waals surface area contributed by atoms with E-state index < -0.39 is 0 Å². The van der Waals surface area contributed by atoms with Crippen molar-refractivity contribution in [2.24, 2.45) is 7.05 Å². The maximum Gasteiger partial charge on any atom is 0.164 e. The van der Waals surface area contributed by atoms with Gasteiger partial charge in [-0.2, -0.15) is 5.10 Å². The molecule has 3 aromatic rings. The van der Waals surface area contributed by atoms with E-state index in [-0.39, 0.29) is 6.04 Å². The van der Waals surface area contributed by atoms with Crippen LogP contribution in [0, 0.1) is 0 Å². The van der Waals surface area contributed by atoms with Gasteiger partial charge in [0.25, 0.3) is 0 Å². The minimum absolute atomic E-state index is 0.135. The zero-order valence-electron chi connectivity index (χ0n) is 10.8. The Morgan fingerprint density at radius 2 is 2.25 bits per heavy atom. The van der Waals surface area contributed by atoms with Gasteiger partial charge in [-0.25, -0.2) is 4.98 Å². The Morgan fingerprint density at radius 1 is 1.35 bits per heavy atom. The molecule has 3 heterocycles. The second-order valence-electron chi connectivity index (χ2n) is 4.31. The largest absolute Gasteiger partial charge is 0.298 e. The van der Waals surface area contributed by atoms with E-state index in [0.29, 0.717) is 6.54 Å². The van der Waals surface area contributed by atoms with E-state index in [2.05, 4.69) is 39.0 Å². The molecule has 0 spiro atoms. The number of nitrogens with one attached hydrogen (secondary N) is 1. The molecule has 1 N–H and O–H groups in total. The lowest BCUT2D eigenvalue weighted by molar-refractivity contribution is 0.595. The molecule has 0 aliphatic carbocycles. The fraction of sp³-hybridized carbons (Fsp3) is 0.231. The van der Waals surface area contributed by atoms with Gasteiger partial charge in [0.2, 0.25) is 0 Å². The molecule has 0 aliphatic rings. The first-order chi connectivity index (χ1) is 9.72. The summed E-state index contributed by atoms with van der Waals surface area (Å²) in [5.74, 6) is 0.789. The van der Waals surface area contributed by atoms with Crippen LogP contribution < -0.4 is 5.32 Å². The highest BCUT2D eigenvalue weighted by molar-refractivity contribution is 7.16. The topological polar surface area (TPSA) is 42.7 Å². The van der Waals surface area contributed by atoms with Crippen molar-refractivity contribution in [2.45, 2.75) is 12.6 Å². The van der Waals surface area contributed by atoms with Crippen molar-refractivity contribution in [1.29, 1.82) is 0 Å². The van der Waals surface area contributed by atoms with E-state index in [1.54, 1.807) is 33.7 Å². The lowest BCUT2D eigenvalue weighted by Crippen LogP contribution is -2.21. The fourth-order valence-electron chi connectivity index (χ4n) is 1.94. The van der Waals surface area contributed by atoms with Crippen LogP contribution in [0.15, 0.2) is 36.0 Å². The second-order valence-corrected chi connectivity index (χ2v) is 7.03. The number of aryl methyl sites for hydroxylation is 1. The molecule has 0 radical (unpaired) electrons. The Balaban J connectivity index is 1.79. The summed E-state index contributed by atoms with van der Waals surface area (Å²) in [7, 11) is 1.87. The highest BCUT2D eigenvalue weighted by Crippen LogP contribution is 2.33. The van der Waals surface area contributed by atoms with Crippen LogP contribution in [0.1, 0.15) is 21.6 Å². The minimum Gasteiger partial charge on any atom is -0.298 e. The van der Waals surface area contributed by atoms with E-state index in [0.717, 1.165) is 10.2 Å². The summed E-state index contributed by atoms with van der Waals surface area (Å²) in [5.41, 5.74) is 0. The van der Waals surface area contributed by atoms with E-state index in [9.17, 15) is 0 Å². The van der Waals surface area contributed by atoms with Gasteiger partial charge >= 0.3 is 0 Å². The molecule has 104 valence electrons. The van der Waals surface area contributed by atoms with E-state index in [1.165, 1.54) is 9.75 Å². The van der Waals surface area contributed by atoms with Gasteiger partial charge < -0.3 is 0 Å². The van der Waals surface area contributed by atoms with Crippen LogP contribution >= 0.6 is 34.3 Å². The molecule has 0 fully saturated rings. The maximum atomic E-state index is 6.05. The number of nitrogens with zero attached hydrogens (tertiary/aromatic N) is 3. The number of thiophene rings is 2. The Morgan fingerprint density at radius 3 is 2.85 bits per heavy atom. The first kappa shape index (κ1) is 13.8. The Labute approximate surface area is 130 Å². The third kappa shape index (κ3) is 3.09. The van der Waals surface area contributed by atoms with Crippen molar-refractivity contribution in [3.63, 3.8) is 0 Å². The molecule has 0 aromatic carbocycles. The first-order valence-corrected chi connectivity index (χ1v) is 8.16. The quantitative estimate of drug-likeness (QED) is 0.781. The molecule has 1 unspecified atom stereocenters. The maximum absolute atomic E-state index is 6.05. The second kappa shape index (κ2) is 6.05. The highest BCUT2D eigenvalue weighted by Gasteiger charge is 2.17. The molecule has 3 rings (SSSR count). The summed E-state index contributed by atoms with van der Waals surface area (Å²) >= 11 is 9.38. The van der Waals surface area contributed by atoms with Crippen molar-refractivity contribution < 1.29 is 0 Å². The van der Waals surface area contributed by atoms with Crippen molar-refractivity contribution in [3.05, 3.63) is 55.9 Å². The van der Waals surface area contributed by atoms with E-state index in [1.807, 2.05) is 13.1 Å². The average molecular weight is 325 g/mol. The SMILES string of the molecule is Cn1cnc(CNC(c2cccs2)c2ccc(Cl)s2)n1. The van der Waals surface area contributed by atoms with Crippen LogP contribution in [0.5, 0.6) is 0 Å². The van der Waals surface area contributed by atoms with Gasteiger partial charge in [-0.05, 0) is 23.6 Å². The number of hydrogen-bond donors (Lipinski definition) is 1. The van der Waals surface area contributed by atoms with Crippen molar-refractivity contribution in [3.8, 4) is 0 Å². The number of halogens is 1. The Kier molecular flexibility index (Phi) is 4.16. The van der Waals surface area contributed by atoms with Crippen molar-refractivity contribution in [1.82, 2.24) is 20.1 Å². The van der Waals surface area contributed by atoms with Crippen LogP contribution in [0.2, 0.25) is 4.34 Å². The molecule has 0 amide bonds. The monoisotopic (exact) mass is 324 g/mol. The van der Waals surface area contributed by atoms with Gasteiger partial charge in [-0.1, -0.05) is 17.7 Å². The van der Waals surface area contributed by atoms with Crippen LogP contribution in [0.3, 0.4) is 0 Å². The van der Waals surface area contributed by atoms with Gasteiger partial charge in [0.15, 0.2) is 5.82 Å². The molecule has 4 nitrogen and oxygen atoms in total. The van der Waals surface area contributed by atoms with Crippen molar-refractivity contribution >= 4 is 34.3 Å². The smallest absolute Gasteiger partial charge is 0.164 e. The summed E-state index contributed by atoms with van der Waals surface area (Å²) in [4.78, 5) is 6.70. The molecule has 0 saturated carbocycles. The average Bonchev–Trinajstić information content (AvgIpc) is 3.13. The predicted octanol–water partition coefficient (Wildman–Crippen LogP) is 3.47. The summed E-state index contributed by atoms with van der Waals surface area (Å²) in [5, 5.41) is 9.87. The third-order valence-corrected chi connectivity index (χ3v) is 5.05. The summed E-state index contributed by atoms with van der Waals surface area (Å²) in [6.45, 7) is 0.624. The summed E-state index contributed by atoms with van der Waals surface area (Å²) in [6.07, 6.45) is 1.71. The van der Waals surface area contributed by atoms with Crippen LogP contribution in [0.25, 0.3) is 0 Å². The normalized spacial score (nSPS) is 12.7. The molecular weight excluding hydrogens is 312 g/mol. The van der Waals surface area contributed by atoms with Gasteiger partial charge in [0, 0.05) is 16.8 Å². The summed E-state index contributed by atoms with van der Waals surface area (Å²) < 4.78 is 2.51. The van der Waals surface area contributed by atoms with Gasteiger partial charge in [-0.3, -0.25) is 10.00 Å². The van der Waals surface area contributed by atoms with Gasteiger partial charge in [0.05, 0.1) is 16.9 Å². The Bertz CT molecular complexity index is 674. The van der Waals surface area contributed by atoms with E-state index >= 15 is 0 Å². The third-order valence-electron chi connectivity index (χ3n) is 2.82. The lowest BCUT2D eigenvalue weighted by Gasteiger charge is -2.14. The molecule has 0 saturated heterocycles. The number of aromatic nitrogens is 3. The number of rotatable bonds is 5. The van der Waals surface area contributed by atoms with Gasteiger partial charge in [0.1, 0.15) is 6.33 Å². The standard InChI is InChI=1S/C13H13ClN4S2/c1-18-8-16-12(17-18)7-15-13(9-3-2-6-19-9)10-4-5-11(14)20-10/h2-6,8,13,15H,7H2,1H3. The minimum atomic E-state index is 0.135. The lowest BCUT2D eigenvalue weighted by atomic mass is 10.2. The molecule has 7 heteroatoms. The van der Waals surface area contributed by atoms with Crippen LogP contribution in [0.4, 0.5) is 0 Å². The molecular formula is C13H13ClN4S2. The molecule has 20 heavy (non-hydrogen) atoms. The van der Waals surface area contributed by atoms with Crippen LogP contribution in [-0.2, 0) is 13.6 Å². The fourth-order valence-corrected chi connectivity index (χ4v) is 3.99. The summed E-state index contributed by atoms with van der Waals surface area (Å²) in [6, 6.07) is 8.32. The van der Waals surface area contributed by atoms with Gasteiger partial charge in [-0.15, -0.1) is 22.7 Å². The predicted molar refractivity (Wildman–Crippen MR) is 83.3 cm³/mol. The first-order valence-electron chi connectivity index (χ1n) is 6.09.